The minimum Gasteiger partial charge on any atom is -0.370 e. The average molecular weight is 263 g/mol. The number of aryl methyl sites for hydroxylation is 1. The Bertz CT molecular complexity index is 416. The van der Waals surface area contributed by atoms with Gasteiger partial charge < -0.3 is 10.1 Å². The second kappa shape index (κ2) is 6.44. The SMILES string of the molecule is CCOC(c1nc(C)cc(CNC2CC2)n1)C(C)C. The Morgan fingerprint density at radius 1 is 1.37 bits per heavy atom. The third-order valence-corrected chi connectivity index (χ3v) is 3.28. The normalized spacial score (nSPS) is 16.9. The fourth-order valence-electron chi connectivity index (χ4n) is 2.16. The molecule has 0 saturated heterocycles. The zero-order valence-electron chi connectivity index (χ0n) is 12.4. The predicted molar refractivity (Wildman–Crippen MR) is 75.8 cm³/mol. The molecule has 0 spiro atoms. The summed E-state index contributed by atoms with van der Waals surface area (Å²) in [6.45, 7) is 9.85. The molecule has 1 atom stereocenters. The average Bonchev–Trinajstić information content (AvgIpc) is 3.16. The first-order chi connectivity index (χ1) is 9.10. The van der Waals surface area contributed by atoms with Crippen LogP contribution in [0.25, 0.3) is 0 Å². The summed E-state index contributed by atoms with van der Waals surface area (Å²) in [6, 6.07) is 2.76. The smallest absolute Gasteiger partial charge is 0.157 e. The van der Waals surface area contributed by atoms with Crippen molar-refractivity contribution in [1.29, 1.82) is 0 Å². The van der Waals surface area contributed by atoms with Crippen LogP contribution in [0.15, 0.2) is 6.07 Å². The Morgan fingerprint density at radius 3 is 2.68 bits per heavy atom. The zero-order valence-corrected chi connectivity index (χ0v) is 12.4. The van der Waals surface area contributed by atoms with E-state index in [4.69, 9.17) is 4.74 Å². The number of ether oxygens (including phenoxy) is 1. The minimum absolute atomic E-state index is 0.00965. The lowest BCUT2D eigenvalue weighted by molar-refractivity contribution is 0.0229. The molecule has 1 saturated carbocycles. The van der Waals surface area contributed by atoms with Gasteiger partial charge in [0.25, 0.3) is 0 Å². The molecule has 1 unspecified atom stereocenters. The standard InChI is InChI=1S/C15H25N3O/c1-5-19-14(10(2)3)15-17-11(4)8-13(18-15)9-16-12-6-7-12/h8,10,12,14,16H,5-7,9H2,1-4H3. The molecule has 4 heteroatoms. The highest BCUT2D eigenvalue weighted by molar-refractivity contribution is 5.12. The van der Waals surface area contributed by atoms with Crippen LogP contribution in [0.1, 0.15) is 56.9 Å². The molecular formula is C15H25N3O. The number of aromatic nitrogens is 2. The predicted octanol–water partition coefficient (Wildman–Crippen LogP) is 2.77. The van der Waals surface area contributed by atoms with E-state index in [9.17, 15) is 0 Å². The van der Waals surface area contributed by atoms with Crippen molar-refractivity contribution in [3.63, 3.8) is 0 Å². The fourth-order valence-corrected chi connectivity index (χ4v) is 2.16. The molecule has 1 aliphatic rings. The first-order valence-corrected chi connectivity index (χ1v) is 7.29. The van der Waals surface area contributed by atoms with Gasteiger partial charge in [0, 0.05) is 24.9 Å². The molecule has 2 rings (SSSR count). The van der Waals surface area contributed by atoms with Gasteiger partial charge in [0.05, 0.1) is 5.69 Å². The van der Waals surface area contributed by atoms with Gasteiger partial charge >= 0.3 is 0 Å². The molecule has 106 valence electrons. The van der Waals surface area contributed by atoms with Crippen LogP contribution in [-0.2, 0) is 11.3 Å². The van der Waals surface area contributed by atoms with E-state index in [0.717, 1.165) is 23.8 Å². The highest BCUT2D eigenvalue weighted by atomic mass is 16.5. The topological polar surface area (TPSA) is 47.0 Å². The van der Waals surface area contributed by atoms with Crippen molar-refractivity contribution in [3.8, 4) is 0 Å². The number of nitrogens with one attached hydrogen (secondary N) is 1. The monoisotopic (exact) mass is 263 g/mol. The molecule has 0 radical (unpaired) electrons. The third kappa shape index (κ3) is 4.25. The van der Waals surface area contributed by atoms with Gasteiger partial charge in [-0.05, 0) is 38.7 Å². The molecule has 0 bridgehead atoms. The van der Waals surface area contributed by atoms with Crippen LogP contribution in [-0.4, -0.2) is 22.6 Å². The van der Waals surface area contributed by atoms with Gasteiger partial charge in [-0.1, -0.05) is 13.8 Å². The van der Waals surface area contributed by atoms with Crippen molar-refractivity contribution in [2.24, 2.45) is 5.92 Å². The van der Waals surface area contributed by atoms with Crippen molar-refractivity contribution in [2.75, 3.05) is 6.61 Å². The first kappa shape index (κ1) is 14.4. The molecule has 1 aromatic rings. The second-order valence-corrected chi connectivity index (χ2v) is 5.63. The highest BCUT2D eigenvalue weighted by Crippen LogP contribution is 2.24. The molecular weight excluding hydrogens is 238 g/mol. The summed E-state index contributed by atoms with van der Waals surface area (Å²) in [6.07, 6.45) is 2.58. The highest BCUT2D eigenvalue weighted by Gasteiger charge is 2.22. The molecule has 1 N–H and O–H groups in total. The maximum Gasteiger partial charge on any atom is 0.157 e. The van der Waals surface area contributed by atoms with Crippen molar-refractivity contribution in [3.05, 3.63) is 23.3 Å². The van der Waals surface area contributed by atoms with E-state index < -0.39 is 0 Å². The van der Waals surface area contributed by atoms with Crippen LogP contribution in [0, 0.1) is 12.8 Å². The Balaban J connectivity index is 2.12. The van der Waals surface area contributed by atoms with Crippen LogP contribution < -0.4 is 5.32 Å². The maximum atomic E-state index is 5.79. The van der Waals surface area contributed by atoms with Crippen LogP contribution in [0.3, 0.4) is 0 Å². The van der Waals surface area contributed by atoms with Gasteiger partial charge in [-0.3, -0.25) is 0 Å². The molecule has 0 aromatic carbocycles. The van der Waals surface area contributed by atoms with Crippen molar-refractivity contribution in [1.82, 2.24) is 15.3 Å². The zero-order chi connectivity index (χ0) is 13.8. The summed E-state index contributed by atoms with van der Waals surface area (Å²) >= 11 is 0. The molecule has 0 aliphatic heterocycles. The van der Waals surface area contributed by atoms with Gasteiger partial charge in [-0.2, -0.15) is 0 Å². The lowest BCUT2D eigenvalue weighted by Crippen LogP contribution is -2.20. The summed E-state index contributed by atoms with van der Waals surface area (Å²) in [4.78, 5) is 9.23. The Labute approximate surface area is 116 Å². The first-order valence-electron chi connectivity index (χ1n) is 7.29. The summed E-state index contributed by atoms with van der Waals surface area (Å²) in [5, 5.41) is 3.50. The van der Waals surface area contributed by atoms with E-state index in [1.54, 1.807) is 0 Å². The van der Waals surface area contributed by atoms with Crippen molar-refractivity contribution < 1.29 is 4.74 Å². The Hall–Kier alpha value is -1.00. The van der Waals surface area contributed by atoms with Crippen LogP contribution in [0.4, 0.5) is 0 Å². The molecule has 19 heavy (non-hydrogen) atoms. The quantitative estimate of drug-likeness (QED) is 0.821. The van der Waals surface area contributed by atoms with Crippen molar-refractivity contribution in [2.45, 2.75) is 59.2 Å². The summed E-state index contributed by atoms with van der Waals surface area (Å²) in [5.74, 6) is 1.20. The van der Waals surface area contributed by atoms with Crippen molar-refractivity contribution >= 4 is 0 Å². The van der Waals surface area contributed by atoms with E-state index in [1.165, 1.54) is 12.8 Å². The van der Waals surface area contributed by atoms with E-state index in [2.05, 4.69) is 35.2 Å². The fraction of sp³-hybridized carbons (Fsp3) is 0.733. The second-order valence-electron chi connectivity index (χ2n) is 5.63. The number of hydrogen-bond donors (Lipinski definition) is 1. The largest absolute Gasteiger partial charge is 0.370 e. The number of hydrogen-bond acceptors (Lipinski definition) is 4. The molecule has 1 aliphatic carbocycles. The molecule has 1 heterocycles. The van der Waals surface area contributed by atoms with Crippen LogP contribution in [0.5, 0.6) is 0 Å². The maximum absolute atomic E-state index is 5.79. The molecule has 0 amide bonds. The van der Waals surface area contributed by atoms with E-state index in [0.29, 0.717) is 18.6 Å². The van der Waals surface area contributed by atoms with Gasteiger partial charge in [0.15, 0.2) is 5.82 Å². The summed E-state index contributed by atoms with van der Waals surface area (Å²) in [7, 11) is 0. The summed E-state index contributed by atoms with van der Waals surface area (Å²) < 4.78 is 5.79. The van der Waals surface area contributed by atoms with E-state index >= 15 is 0 Å². The Kier molecular flexibility index (Phi) is 4.88. The summed E-state index contributed by atoms with van der Waals surface area (Å²) in [5.41, 5.74) is 2.09. The lowest BCUT2D eigenvalue weighted by atomic mass is 10.1. The molecule has 4 nitrogen and oxygen atoms in total. The number of rotatable bonds is 7. The van der Waals surface area contributed by atoms with E-state index in [-0.39, 0.29) is 6.10 Å². The van der Waals surface area contributed by atoms with Gasteiger partial charge in [0.1, 0.15) is 6.10 Å². The minimum atomic E-state index is -0.00965. The molecule has 1 aromatic heterocycles. The van der Waals surface area contributed by atoms with E-state index in [1.807, 2.05) is 13.8 Å². The van der Waals surface area contributed by atoms with Gasteiger partial charge in [-0.25, -0.2) is 9.97 Å². The molecule has 1 fully saturated rings. The lowest BCUT2D eigenvalue weighted by Gasteiger charge is -2.20. The third-order valence-electron chi connectivity index (χ3n) is 3.28. The Morgan fingerprint density at radius 2 is 2.11 bits per heavy atom. The van der Waals surface area contributed by atoms with Gasteiger partial charge in [-0.15, -0.1) is 0 Å². The number of nitrogens with zero attached hydrogens (tertiary/aromatic N) is 2. The van der Waals surface area contributed by atoms with Gasteiger partial charge in [0.2, 0.25) is 0 Å². The van der Waals surface area contributed by atoms with Crippen LogP contribution in [0.2, 0.25) is 0 Å². The van der Waals surface area contributed by atoms with Crippen LogP contribution >= 0.6 is 0 Å².